The number of carbonyl (C=O) groups excluding carboxylic acids is 1. The van der Waals surface area contributed by atoms with Crippen molar-refractivity contribution in [1.29, 1.82) is 0 Å². The number of aldehydes is 1. The molecule has 0 amide bonds. The van der Waals surface area contributed by atoms with E-state index < -0.39 is 0 Å². The summed E-state index contributed by atoms with van der Waals surface area (Å²) in [5.74, 6) is 0. The number of rotatable bonds is 7. The highest BCUT2D eigenvalue weighted by Crippen LogP contribution is 2.31. The summed E-state index contributed by atoms with van der Waals surface area (Å²) in [4.78, 5) is 26.9. The van der Waals surface area contributed by atoms with Gasteiger partial charge >= 0.3 is 0 Å². The number of hydrogen-bond acceptors (Lipinski definition) is 6. The Kier molecular flexibility index (Phi) is 6.12. The molecule has 0 radical (unpaired) electrons. The third kappa shape index (κ3) is 4.66. The highest BCUT2D eigenvalue weighted by molar-refractivity contribution is 5.84. The topological polar surface area (TPSA) is 78.7 Å². The number of piperazine rings is 1. The largest absolute Gasteiger partial charge is 0.375 e. The van der Waals surface area contributed by atoms with E-state index in [2.05, 4.69) is 15.1 Å². The molecule has 3 aromatic carbocycles. The first-order valence-electron chi connectivity index (χ1n) is 10.3. The van der Waals surface area contributed by atoms with Gasteiger partial charge in [0.05, 0.1) is 4.92 Å². The SMILES string of the molecule is O=Cc1ccccc1N1CCN(c2ccc([N+](=O)[O-])c(NCc3ccccc3)c2)CC1. The molecular formula is C24H24N4O3. The van der Waals surface area contributed by atoms with Gasteiger partial charge in [0, 0.05) is 55.7 Å². The van der Waals surface area contributed by atoms with Crippen LogP contribution in [0.4, 0.5) is 22.7 Å². The zero-order valence-corrected chi connectivity index (χ0v) is 17.1. The van der Waals surface area contributed by atoms with E-state index in [4.69, 9.17) is 0 Å². The molecule has 1 fully saturated rings. The summed E-state index contributed by atoms with van der Waals surface area (Å²) >= 11 is 0. The zero-order chi connectivity index (χ0) is 21.6. The van der Waals surface area contributed by atoms with Gasteiger partial charge in [-0.1, -0.05) is 42.5 Å². The van der Waals surface area contributed by atoms with E-state index in [1.807, 2.05) is 60.7 Å². The maximum absolute atomic E-state index is 11.5. The predicted molar refractivity (Wildman–Crippen MR) is 123 cm³/mol. The molecule has 31 heavy (non-hydrogen) atoms. The Morgan fingerprint density at radius 3 is 2.29 bits per heavy atom. The molecule has 0 bridgehead atoms. The fourth-order valence-electron chi connectivity index (χ4n) is 3.90. The number of benzene rings is 3. The summed E-state index contributed by atoms with van der Waals surface area (Å²) < 4.78 is 0. The van der Waals surface area contributed by atoms with Gasteiger partial charge < -0.3 is 15.1 Å². The molecule has 3 aromatic rings. The molecule has 1 saturated heterocycles. The third-order valence-corrected chi connectivity index (χ3v) is 5.55. The van der Waals surface area contributed by atoms with Crippen LogP contribution in [0.25, 0.3) is 0 Å². The Morgan fingerprint density at radius 1 is 0.903 bits per heavy atom. The van der Waals surface area contributed by atoms with Gasteiger partial charge in [-0.25, -0.2) is 0 Å². The fourth-order valence-corrected chi connectivity index (χ4v) is 3.90. The van der Waals surface area contributed by atoms with Crippen LogP contribution >= 0.6 is 0 Å². The van der Waals surface area contributed by atoms with Gasteiger partial charge in [-0.3, -0.25) is 14.9 Å². The molecule has 0 saturated carbocycles. The summed E-state index contributed by atoms with van der Waals surface area (Å²) in [6.45, 7) is 3.59. The molecule has 0 aliphatic carbocycles. The summed E-state index contributed by atoms with van der Waals surface area (Å²) in [5.41, 5.74) is 4.23. The van der Waals surface area contributed by atoms with Crippen molar-refractivity contribution in [3.63, 3.8) is 0 Å². The van der Waals surface area contributed by atoms with E-state index >= 15 is 0 Å². The molecule has 0 atom stereocenters. The maximum Gasteiger partial charge on any atom is 0.292 e. The lowest BCUT2D eigenvalue weighted by Crippen LogP contribution is -2.46. The van der Waals surface area contributed by atoms with Crippen molar-refractivity contribution in [3.8, 4) is 0 Å². The van der Waals surface area contributed by atoms with Gasteiger partial charge in [-0.05, 0) is 29.8 Å². The molecule has 0 spiro atoms. The first-order valence-corrected chi connectivity index (χ1v) is 10.3. The van der Waals surface area contributed by atoms with Gasteiger partial charge in [0.25, 0.3) is 5.69 Å². The molecule has 0 aromatic heterocycles. The smallest absolute Gasteiger partial charge is 0.292 e. The van der Waals surface area contributed by atoms with E-state index in [0.717, 1.165) is 49.4 Å². The van der Waals surface area contributed by atoms with Gasteiger partial charge in [-0.2, -0.15) is 0 Å². The number of nitro benzene ring substituents is 1. The van der Waals surface area contributed by atoms with Crippen molar-refractivity contribution in [1.82, 2.24) is 0 Å². The number of nitrogens with one attached hydrogen (secondary N) is 1. The molecule has 4 rings (SSSR count). The van der Waals surface area contributed by atoms with E-state index in [-0.39, 0.29) is 10.6 Å². The number of hydrogen-bond donors (Lipinski definition) is 1. The molecule has 1 aliphatic heterocycles. The van der Waals surface area contributed by atoms with Crippen LogP contribution in [0.5, 0.6) is 0 Å². The second kappa shape index (κ2) is 9.30. The van der Waals surface area contributed by atoms with Crippen molar-refractivity contribution < 1.29 is 9.72 Å². The second-order valence-electron chi connectivity index (χ2n) is 7.45. The molecule has 1 aliphatic rings. The molecule has 1 heterocycles. The Labute approximate surface area is 181 Å². The minimum atomic E-state index is -0.356. The van der Waals surface area contributed by atoms with Gasteiger partial charge in [0.2, 0.25) is 0 Å². The summed E-state index contributed by atoms with van der Waals surface area (Å²) in [7, 11) is 0. The number of carbonyl (C=O) groups is 1. The first kappa shape index (κ1) is 20.4. The Bertz CT molecular complexity index is 1060. The average molecular weight is 416 g/mol. The highest BCUT2D eigenvalue weighted by Gasteiger charge is 2.21. The molecule has 7 heteroatoms. The number of nitrogens with zero attached hydrogens (tertiary/aromatic N) is 3. The second-order valence-corrected chi connectivity index (χ2v) is 7.45. The Hall–Kier alpha value is -3.87. The molecule has 7 nitrogen and oxygen atoms in total. The number of anilines is 3. The molecule has 158 valence electrons. The standard InChI is InChI=1S/C24H24N4O3/c29-18-20-8-4-5-9-23(20)27-14-12-26(13-15-27)21-10-11-24(28(30)31)22(16-21)25-17-19-6-2-1-3-7-19/h1-11,16,18,25H,12-15,17H2. The quantitative estimate of drug-likeness (QED) is 0.351. The Balaban J connectivity index is 1.48. The number of para-hydroxylation sites is 1. The van der Waals surface area contributed by atoms with Crippen molar-refractivity contribution in [2.75, 3.05) is 41.3 Å². The van der Waals surface area contributed by atoms with Gasteiger partial charge in [-0.15, -0.1) is 0 Å². The van der Waals surface area contributed by atoms with Crippen LogP contribution in [0.3, 0.4) is 0 Å². The van der Waals surface area contributed by atoms with Crippen LogP contribution in [0.1, 0.15) is 15.9 Å². The zero-order valence-electron chi connectivity index (χ0n) is 17.1. The first-order chi connectivity index (χ1) is 15.2. The van der Waals surface area contributed by atoms with Gasteiger partial charge in [0.1, 0.15) is 5.69 Å². The summed E-state index contributed by atoms with van der Waals surface area (Å²) in [5, 5.41) is 14.7. The van der Waals surface area contributed by atoms with E-state index in [9.17, 15) is 14.9 Å². The molecule has 1 N–H and O–H groups in total. The molecular weight excluding hydrogens is 392 g/mol. The van der Waals surface area contributed by atoms with Crippen LogP contribution in [0.15, 0.2) is 72.8 Å². The monoisotopic (exact) mass is 416 g/mol. The van der Waals surface area contributed by atoms with E-state index in [1.54, 1.807) is 12.1 Å². The van der Waals surface area contributed by atoms with Crippen LogP contribution in [-0.4, -0.2) is 37.4 Å². The lowest BCUT2D eigenvalue weighted by molar-refractivity contribution is -0.384. The lowest BCUT2D eigenvalue weighted by Gasteiger charge is -2.38. The van der Waals surface area contributed by atoms with Crippen LogP contribution in [0, 0.1) is 10.1 Å². The molecule has 0 unspecified atom stereocenters. The fraction of sp³-hybridized carbons (Fsp3) is 0.208. The Morgan fingerprint density at radius 2 is 1.58 bits per heavy atom. The predicted octanol–water partition coefficient (Wildman–Crippen LogP) is 4.35. The van der Waals surface area contributed by atoms with Crippen molar-refractivity contribution in [3.05, 3.63) is 94.0 Å². The summed E-state index contributed by atoms with van der Waals surface area (Å²) in [6, 6.07) is 22.6. The minimum absolute atomic E-state index is 0.0678. The normalized spacial score (nSPS) is 13.7. The van der Waals surface area contributed by atoms with Crippen LogP contribution in [-0.2, 0) is 6.54 Å². The highest BCUT2D eigenvalue weighted by atomic mass is 16.6. The van der Waals surface area contributed by atoms with Crippen molar-refractivity contribution >= 4 is 29.0 Å². The van der Waals surface area contributed by atoms with Crippen LogP contribution < -0.4 is 15.1 Å². The lowest BCUT2D eigenvalue weighted by atomic mass is 10.1. The van der Waals surface area contributed by atoms with Crippen molar-refractivity contribution in [2.45, 2.75) is 6.54 Å². The average Bonchev–Trinajstić information content (AvgIpc) is 2.83. The minimum Gasteiger partial charge on any atom is -0.375 e. The van der Waals surface area contributed by atoms with E-state index in [0.29, 0.717) is 17.8 Å². The van der Waals surface area contributed by atoms with Gasteiger partial charge in [0.15, 0.2) is 6.29 Å². The maximum atomic E-state index is 11.5. The number of nitro groups is 1. The summed E-state index contributed by atoms with van der Waals surface area (Å²) in [6.07, 6.45) is 0.892. The van der Waals surface area contributed by atoms with Crippen LogP contribution in [0.2, 0.25) is 0 Å². The van der Waals surface area contributed by atoms with Crippen molar-refractivity contribution in [2.24, 2.45) is 0 Å². The van der Waals surface area contributed by atoms with E-state index in [1.165, 1.54) is 0 Å². The third-order valence-electron chi connectivity index (χ3n) is 5.55.